The van der Waals surface area contributed by atoms with Crippen LogP contribution in [0.25, 0.3) is 6.08 Å². The van der Waals surface area contributed by atoms with Gasteiger partial charge in [0.25, 0.3) is 0 Å². The van der Waals surface area contributed by atoms with Crippen molar-refractivity contribution in [3.63, 3.8) is 0 Å². The molecule has 0 aliphatic heterocycles. The van der Waals surface area contributed by atoms with Crippen LogP contribution in [-0.2, 0) is 9.53 Å². The first-order chi connectivity index (χ1) is 12.4. The van der Waals surface area contributed by atoms with E-state index in [-0.39, 0.29) is 23.4 Å². The third-order valence-electron chi connectivity index (χ3n) is 8.33. The Morgan fingerprint density at radius 2 is 2.23 bits per heavy atom. The molecule has 4 nitrogen and oxygen atoms in total. The van der Waals surface area contributed by atoms with E-state index in [0.717, 1.165) is 44.3 Å². The standard InChI is InChI=1S/C22H28O4/c1-14(24)26-22(13-23)12-21-9-5-17-16-7-10-25-18(16)6-8-20(17,2)19(21)4-3-15(22)11-21/h6-8,10,15,17,19,23H,3-5,9,11-13H2,1-2H3/t15-,17-,19+,20-,21+,22+/m1/s1. The number of aliphatic hydroxyl groups is 1. The molecule has 0 radical (unpaired) electrons. The quantitative estimate of drug-likeness (QED) is 0.803. The van der Waals surface area contributed by atoms with Gasteiger partial charge < -0.3 is 14.3 Å². The van der Waals surface area contributed by atoms with Gasteiger partial charge in [0, 0.05) is 18.4 Å². The van der Waals surface area contributed by atoms with Crippen molar-refractivity contribution in [2.45, 2.75) is 63.9 Å². The summed E-state index contributed by atoms with van der Waals surface area (Å²) in [5.74, 6) is 2.12. The molecule has 0 aromatic carbocycles. The first kappa shape index (κ1) is 16.6. The molecule has 3 fully saturated rings. The average molecular weight is 356 g/mol. The fourth-order valence-electron chi connectivity index (χ4n) is 7.47. The van der Waals surface area contributed by atoms with Crippen molar-refractivity contribution in [1.82, 2.24) is 0 Å². The predicted octanol–water partition coefficient (Wildman–Crippen LogP) is 4.29. The predicted molar refractivity (Wildman–Crippen MR) is 97.3 cm³/mol. The molecule has 1 heterocycles. The van der Waals surface area contributed by atoms with Crippen LogP contribution in [0.4, 0.5) is 0 Å². The largest absolute Gasteiger partial charge is 0.465 e. The van der Waals surface area contributed by atoms with Gasteiger partial charge in [0.15, 0.2) is 0 Å². The highest BCUT2D eigenvalue weighted by Crippen LogP contribution is 2.71. The van der Waals surface area contributed by atoms with Gasteiger partial charge in [-0.05, 0) is 73.3 Å². The molecular formula is C22H28O4. The number of hydrogen-bond acceptors (Lipinski definition) is 4. The smallest absolute Gasteiger partial charge is 0.303 e. The SMILES string of the molecule is CC(=O)O[C@]1(CO)C[C@@]23CC[C@@H]4c5ccoc5C=C[C@@]4(C)[C@@H]2CC[C@@H]1C3. The number of fused-ring (bicyclic) bond motifs is 5. The second-order valence-electron chi connectivity index (χ2n) is 9.42. The number of esters is 1. The molecule has 1 spiro atoms. The van der Waals surface area contributed by atoms with Gasteiger partial charge in [0.2, 0.25) is 0 Å². The van der Waals surface area contributed by atoms with E-state index in [1.807, 2.05) is 6.26 Å². The maximum Gasteiger partial charge on any atom is 0.303 e. The van der Waals surface area contributed by atoms with Crippen molar-refractivity contribution < 1.29 is 19.1 Å². The molecule has 1 N–H and O–H groups in total. The molecule has 140 valence electrons. The lowest BCUT2D eigenvalue weighted by atomic mass is 9.46. The second kappa shape index (κ2) is 5.25. The Labute approximate surface area is 154 Å². The second-order valence-corrected chi connectivity index (χ2v) is 9.42. The first-order valence-corrected chi connectivity index (χ1v) is 10.00. The first-order valence-electron chi connectivity index (χ1n) is 10.00. The van der Waals surface area contributed by atoms with E-state index < -0.39 is 5.60 Å². The van der Waals surface area contributed by atoms with Gasteiger partial charge in [-0.1, -0.05) is 13.0 Å². The minimum Gasteiger partial charge on any atom is -0.465 e. The lowest BCUT2D eigenvalue weighted by Crippen LogP contribution is -2.49. The van der Waals surface area contributed by atoms with Gasteiger partial charge in [-0.2, -0.15) is 0 Å². The third kappa shape index (κ3) is 1.97. The van der Waals surface area contributed by atoms with Crippen molar-refractivity contribution in [2.75, 3.05) is 6.61 Å². The van der Waals surface area contributed by atoms with Gasteiger partial charge in [-0.25, -0.2) is 0 Å². The van der Waals surface area contributed by atoms with Crippen LogP contribution in [0.15, 0.2) is 22.8 Å². The lowest BCUT2D eigenvalue weighted by molar-refractivity contribution is -0.167. The van der Waals surface area contributed by atoms with E-state index >= 15 is 0 Å². The normalized spacial score (nSPS) is 45.6. The number of hydrogen-bond donors (Lipinski definition) is 1. The summed E-state index contributed by atoms with van der Waals surface area (Å²) in [5, 5.41) is 10.2. The lowest BCUT2D eigenvalue weighted by Gasteiger charge is -2.57. The highest BCUT2D eigenvalue weighted by Gasteiger charge is 2.66. The van der Waals surface area contributed by atoms with Crippen molar-refractivity contribution in [2.24, 2.45) is 22.7 Å². The molecule has 4 heteroatoms. The highest BCUT2D eigenvalue weighted by atomic mass is 16.6. The maximum absolute atomic E-state index is 11.8. The molecule has 0 unspecified atom stereocenters. The Morgan fingerprint density at radius 3 is 3.00 bits per heavy atom. The number of ether oxygens (including phenoxy) is 1. The van der Waals surface area contributed by atoms with Crippen molar-refractivity contribution in [1.29, 1.82) is 0 Å². The van der Waals surface area contributed by atoms with Crippen LogP contribution in [-0.4, -0.2) is 23.3 Å². The topological polar surface area (TPSA) is 59.7 Å². The van der Waals surface area contributed by atoms with Gasteiger partial charge in [-0.3, -0.25) is 4.79 Å². The molecule has 1 aromatic rings. The van der Waals surface area contributed by atoms with E-state index in [2.05, 4.69) is 25.1 Å². The Hall–Kier alpha value is -1.55. The number of allylic oxidation sites excluding steroid dienone is 1. The van der Waals surface area contributed by atoms with Gasteiger partial charge in [-0.15, -0.1) is 0 Å². The van der Waals surface area contributed by atoms with E-state index in [1.165, 1.54) is 12.5 Å². The van der Waals surface area contributed by atoms with Crippen LogP contribution < -0.4 is 0 Å². The summed E-state index contributed by atoms with van der Waals surface area (Å²) < 4.78 is 11.5. The molecule has 4 aliphatic carbocycles. The third-order valence-corrected chi connectivity index (χ3v) is 8.33. The zero-order valence-electron chi connectivity index (χ0n) is 15.7. The Kier molecular flexibility index (Phi) is 3.35. The van der Waals surface area contributed by atoms with E-state index in [9.17, 15) is 9.90 Å². The molecule has 0 saturated heterocycles. The molecule has 6 atom stereocenters. The fourth-order valence-corrected chi connectivity index (χ4v) is 7.47. The molecular weight excluding hydrogens is 328 g/mol. The number of aliphatic hydroxyl groups excluding tert-OH is 1. The average Bonchev–Trinajstić information content (AvgIpc) is 3.15. The van der Waals surface area contributed by atoms with Crippen molar-refractivity contribution in [3.8, 4) is 0 Å². The monoisotopic (exact) mass is 356 g/mol. The number of carbonyl (C=O) groups is 1. The van der Waals surface area contributed by atoms with E-state index in [1.54, 1.807) is 0 Å². The highest BCUT2D eigenvalue weighted by molar-refractivity contribution is 5.66. The van der Waals surface area contributed by atoms with E-state index in [0.29, 0.717) is 17.8 Å². The zero-order chi connectivity index (χ0) is 18.2. The molecule has 26 heavy (non-hydrogen) atoms. The molecule has 1 aromatic heterocycles. The summed E-state index contributed by atoms with van der Waals surface area (Å²) in [6, 6.07) is 2.15. The number of rotatable bonds is 2. The van der Waals surface area contributed by atoms with Gasteiger partial charge >= 0.3 is 5.97 Å². The Bertz CT molecular complexity index is 779. The summed E-state index contributed by atoms with van der Waals surface area (Å²) in [5.41, 5.74) is 0.987. The maximum atomic E-state index is 11.8. The zero-order valence-corrected chi connectivity index (χ0v) is 15.7. The van der Waals surface area contributed by atoms with Crippen LogP contribution in [0.1, 0.15) is 69.6 Å². The fraction of sp³-hybridized carbons (Fsp3) is 0.682. The van der Waals surface area contributed by atoms with Crippen LogP contribution in [0.5, 0.6) is 0 Å². The Morgan fingerprint density at radius 1 is 1.38 bits per heavy atom. The Balaban J connectivity index is 1.54. The van der Waals surface area contributed by atoms with Crippen molar-refractivity contribution in [3.05, 3.63) is 29.7 Å². The van der Waals surface area contributed by atoms with Crippen LogP contribution in [0, 0.1) is 22.7 Å². The summed E-state index contributed by atoms with van der Waals surface area (Å²) in [6.07, 6.45) is 12.7. The summed E-state index contributed by atoms with van der Waals surface area (Å²) in [6.45, 7) is 3.84. The molecule has 4 aliphatic rings. The summed E-state index contributed by atoms with van der Waals surface area (Å²) >= 11 is 0. The molecule has 2 bridgehead atoms. The van der Waals surface area contributed by atoms with Crippen LogP contribution in [0.2, 0.25) is 0 Å². The minimum absolute atomic E-state index is 0.0480. The van der Waals surface area contributed by atoms with Crippen LogP contribution in [0.3, 0.4) is 0 Å². The molecule has 3 saturated carbocycles. The van der Waals surface area contributed by atoms with Gasteiger partial charge in [0.1, 0.15) is 11.4 Å². The van der Waals surface area contributed by atoms with Gasteiger partial charge in [0.05, 0.1) is 12.9 Å². The number of carbonyl (C=O) groups excluding carboxylic acids is 1. The summed E-state index contributed by atoms with van der Waals surface area (Å²) in [7, 11) is 0. The molecule has 0 amide bonds. The van der Waals surface area contributed by atoms with Crippen molar-refractivity contribution >= 4 is 12.0 Å². The molecule has 5 rings (SSSR count). The van der Waals surface area contributed by atoms with E-state index in [4.69, 9.17) is 9.15 Å². The van der Waals surface area contributed by atoms with Crippen LogP contribution >= 0.6 is 0 Å². The summed E-state index contributed by atoms with van der Waals surface area (Å²) in [4.78, 5) is 11.8. The minimum atomic E-state index is -0.664. The number of furan rings is 1.